The van der Waals surface area contributed by atoms with Gasteiger partial charge in [-0.15, -0.1) is 24.0 Å². The Bertz CT molecular complexity index is 500. The predicted octanol–water partition coefficient (Wildman–Crippen LogP) is 0.847. The predicted molar refractivity (Wildman–Crippen MR) is 110 cm³/mol. The third kappa shape index (κ3) is 7.87. The average molecular weight is 465 g/mol. The van der Waals surface area contributed by atoms with E-state index in [9.17, 15) is 0 Å². The molecule has 144 valence electrons. The van der Waals surface area contributed by atoms with Crippen LogP contribution in [-0.4, -0.2) is 72.1 Å². The van der Waals surface area contributed by atoms with Crippen LogP contribution in [0.15, 0.2) is 11.3 Å². The highest BCUT2D eigenvalue weighted by Crippen LogP contribution is 2.15. The Kier molecular flexibility index (Phi) is 11.0. The molecule has 2 rings (SSSR count). The molecule has 0 amide bonds. The van der Waals surface area contributed by atoms with Gasteiger partial charge < -0.3 is 20.3 Å². The van der Waals surface area contributed by atoms with Gasteiger partial charge in [0.2, 0.25) is 0 Å². The zero-order valence-electron chi connectivity index (χ0n) is 15.6. The summed E-state index contributed by atoms with van der Waals surface area (Å²) in [6, 6.07) is 0. The number of halogens is 1. The van der Waals surface area contributed by atoms with Crippen LogP contribution < -0.4 is 10.6 Å². The second-order valence-electron chi connectivity index (χ2n) is 6.15. The summed E-state index contributed by atoms with van der Waals surface area (Å²) in [6.45, 7) is 8.59. The smallest absolute Gasteiger partial charge is 0.191 e. The first kappa shape index (κ1) is 22.1. The second kappa shape index (κ2) is 12.4. The Morgan fingerprint density at radius 3 is 2.72 bits per heavy atom. The maximum absolute atomic E-state index is 5.15. The quantitative estimate of drug-likeness (QED) is 0.337. The number of guanidine groups is 1. The molecular weight excluding hydrogens is 433 g/mol. The van der Waals surface area contributed by atoms with Crippen molar-refractivity contribution in [3.63, 3.8) is 0 Å². The SMILES string of the molecule is CCNC(=NCc1ncnn1C)NCC1CCN(CCOC)CC1.I. The zero-order chi connectivity index (χ0) is 17.2. The topological polar surface area (TPSA) is 79.6 Å². The molecule has 0 aromatic carbocycles. The number of hydrogen-bond donors (Lipinski definition) is 2. The lowest BCUT2D eigenvalue weighted by Crippen LogP contribution is -2.43. The lowest BCUT2D eigenvalue weighted by molar-refractivity contribution is 0.121. The maximum Gasteiger partial charge on any atom is 0.191 e. The van der Waals surface area contributed by atoms with E-state index < -0.39 is 0 Å². The first-order valence-electron chi connectivity index (χ1n) is 8.79. The lowest BCUT2D eigenvalue weighted by Gasteiger charge is -2.32. The Labute approximate surface area is 167 Å². The third-order valence-electron chi connectivity index (χ3n) is 4.40. The summed E-state index contributed by atoms with van der Waals surface area (Å²) in [5.74, 6) is 2.41. The number of ether oxygens (including phenoxy) is 1. The number of methoxy groups -OCH3 is 1. The van der Waals surface area contributed by atoms with Crippen LogP contribution in [0.3, 0.4) is 0 Å². The van der Waals surface area contributed by atoms with E-state index in [1.807, 2.05) is 7.05 Å². The van der Waals surface area contributed by atoms with Gasteiger partial charge in [-0.3, -0.25) is 4.68 Å². The lowest BCUT2D eigenvalue weighted by atomic mass is 9.97. The minimum atomic E-state index is 0. The number of rotatable bonds is 8. The van der Waals surface area contributed by atoms with Crippen molar-refractivity contribution in [1.29, 1.82) is 0 Å². The first-order valence-corrected chi connectivity index (χ1v) is 8.79. The third-order valence-corrected chi connectivity index (χ3v) is 4.40. The molecule has 25 heavy (non-hydrogen) atoms. The molecule has 0 bridgehead atoms. The molecule has 0 atom stereocenters. The van der Waals surface area contributed by atoms with Crippen LogP contribution in [0.25, 0.3) is 0 Å². The molecule has 0 aliphatic carbocycles. The summed E-state index contributed by atoms with van der Waals surface area (Å²) in [6.07, 6.45) is 4.00. The van der Waals surface area contributed by atoms with E-state index in [0.717, 1.165) is 51.1 Å². The summed E-state index contributed by atoms with van der Waals surface area (Å²) in [5, 5.41) is 10.8. The Morgan fingerprint density at radius 1 is 1.36 bits per heavy atom. The highest BCUT2D eigenvalue weighted by Gasteiger charge is 2.19. The van der Waals surface area contributed by atoms with Crippen molar-refractivity contribution in [2.75, 3.05) is 46.4 Å². The van der Waals surface area contributed by atoms with Gasteiger partial charge in [0.05, 0.1) is 6.61 Å². The second-order valence-corrected chi connectivity index (χ2v) is 6.15. The number of piperidine rings is 1. The summed E-state index contributed by atoms with van der Waals surface area (Å²) >= 11 is 0. The van der Waals surface area contributed by atoms with Crippen LogP contribution in [0.1, 0.15) is 25.6 Å². The van der Waals surface area contributed by atoms with E-state index in [0.29, 0.717) is 12.5 Å². The van der Waals surface area contributed by atoms with Crippen molar-refractivity contribution in [2.45, 2.75) is 26.3 Å². The number of likely N-dealkylation sites (tertiary alicyclic amines) is 1. The molecule has 1 aliphatic heterocycles. The van der Waals surface area contributed by atoms with E-state index in [4.69, 9.17) is 4.74 Å². The highest BCUT2D eigenvalue weighted by atomic mass is 127. The number of nitrogens with one attached hydrogen (secondary N) is 2. The molecule has 8 nitrogen and oxygen atoms in total. The van der Waals surface area contributed by atoms with Gasteiger partial charge in [0, 0.05) is 33.8 Å². The normalized spacial score (nSPS) is 16.5. The molecule has 1 aliphatic rings. The molecule has 1 aromatic rings. The first-order chi connectivity index (χ1) is 11.7. The minimum Gasteiger partial charge on any atom is -0.383 e. The summed E-state index contributed by atoms with van der Waals surface area (Å²) < 4.78 is 6.91. The maximum atomic E-state index is 5.15. The van der Waals surface area contributed by atoms with Crippen LogP contribution in [-0.2, 0) is 18.3 Å². The van der Waals surface area contributed by atoms with E-state index >= 15 is 0 Å². The molecule has 0 unspecified atom stereocenters. The van der Waals surface area contributed by atoms with E-state index in [1.165, 1.54) is 12.8 Å². The average Bonchev–Trinajstić information content (AvgIpc) is 3.01. The van der Waals surface area contributed by atoms with Crippen LogP contribution in [0.5, 0.6) is 0 Å². The fourth-order valence-electron chi connectivity index (χ4n) is 2.83. The number of aryl methyl sites for hydroxylation is 1. The fraction of sp³-hybridized carbons (Fsp3) is 0.812. The van der Waals surface area contributed by atoms with Crippen molar-refractivity contribution < 1.29 is 4.74 Å². The van der Waals surface area contributed by atoms with Crippen molar-refractivity contribution in [3.8, 4) is 0 Å². The zero-order valence-corrected chi connectivity index (χ0v) is 17.9. The van der Waals surface area contributed by atoms with Crippen LogP contribution in [0, 0.1) is 5.92 Å². The number of nitrogens with zero attached hydrogens (tertiary/aromatic N) is 5. The van der Waals surface area contributed by atoms with Crippen molar-refractivity contribution in [1.82, 2.24) is 30.3 Å². The molecule has 1 saturated heterocycles. The molecule has 2 heterocycles. The van der Waals surface area contributed by atoms with Gasteiger partial charge in [0.15, 0.2) is 5.96 Å². The molecule has 0 spiro atoms. The Balaban J connectivity index is 0.00000312. The van der Waals surface area contributed by atoms with Crippen molar-refractivity contribution >= 4 is 29.9 Å². The van der Waals surface area contributed by atoms with Crippen LogP contribution in [0.4, 0.5) is 0 Å². The van der Waals surface area contributed by atoms with Gasteiger partial charge in [-0.2, -0.15) is 5.10 Å². The van der Waals surface area contributed by atoms with Gasteiger partial charge in [-0.05, 0) is 38.8 Å². The van der Waals surface area contributed by atoms with Crippen LogP contribution >= 0.6 is 24.0 Å². The monoisotopic (exact) mass is 465 g/mol. The van der Waals surface area contributed by atoms with Crippen LogP contribution in [0.2, 0.25) is 0 Å². The van der Waals surface area contributed by atoms with E-state index in [2.05, 4.69) is 37.5 Å². The summed E-state index contributed by atoms with van der Waals surface area (Å²) in [4.78, 5) is 11.3. The largest absolute Gasteiger partial charge is 0.383 e. The summed E-state index contributed by atoms with van der Waals surface area (Å²) in [5.41, 5.74) is 0. The number of aliphatic imine (C=N–C) groups is 1. The molecular formula is C16H32IN7O. The van der Waals surface area contributed by atoms with Crippen molar-refractivity contribution in [2.24, 2.45) is 18.0 Å². The fourth-order valence-corrected chi connectivity index (χ4v) is 2.83. The van der Waals surface area contributed by atoms with Gasteiger partial charge in [-0.25, -0.2) is 9.98 Å². The highest BCUT2D eigenvalue weighted by molar-refractivity contribution is 14.0. The van der Waals surface area contributed by atoms with Gasteiger partial charge in [0.25, 0.3) is 0 Å². The van der Waals surface area contributed by atoms with Gasteiger partial charge in [0.1, 0.15) is 18.7 Å². The van der Waals surface area contributed by atoms with Gasteiger partial charge in [-0.1, -0.05) is 0 Å². The van der Waals surface area contributed by atoms with E-state index in [-0.39, 0.29) is 24.0 Å². The summed E-state index contributed by atoms with van der Waals surface area (Å²) in [7, 11) is 3.65. The molecule has 0 radical (unpaired) electrons. The number of hydrogen-bond acceptors (Lipinski definition) is 5. The van der Waals surface area contributed by atoms with E-state index in [1.54, 1.807) is 18.1 Å². The number of aromatic nitrogens is 3. The Hall–Kier alpha value is -0.940. The molecule has 9 heteroatoms. The van der Waals surface area contributed by atoms with Gasteiger partial charge >= 0.3 is 0 Å². The minimum absolute atomic E-state index is 0. The van der Waals surface area contributed by atoms with Crippen molar-refractivity contribution in [3.05, 3.63) is 12.2 Å². The molecule has 0 saturated carbocycles. The molecule has 1 aromatic heterocycles. The molecule has 2 N–H and O–H groups in total. The standard InChI is InChI=1S/C16H31N7O.HI/c1-4-17-16(19-12-15-20-13-21-22(15)2)18-11-14-5-7-23(8-6-14)9-10-24-3;/h13-14H,4-12H2,1-3H3,(H2,17,18,19);1H. The molecule has 1 fully saturated rings. The Morgan fingerprint density at radius 2 is 2.12 bits per heavy atom.